The average Bonchev–Trinajstić information content (AvgIpc) is 2.69. The van der Waals surface area contributed by atoms with Crippen LogP contribution in [0.5, 0.6) is 0 Å². The predicted molar refractivity (Wildman–Crippen MR) is 124 cm³/mol. The van der Waals surface area contributed by atoms with Crippen molar-refractivity contribution in [2.24, 2.45) is 4.99 Å². The molecule has 1 aromatic rings. The highest BCUT2D eigenvalue weighted by atomic mass is 127. The molecule has 0 atom stereocenters. The maximum absolute atomic E-state index is 4.77. The largest absolute Gasteiger partial charge is 0.357 e. The van der Waals surface area contributed by atoms with Crippen LogP contribution in [-0.4, -0.2) is 47.6 Å². The molecule has 27 heavy (non-hydrogen) atoms. The number of nitrogens with one attached hydrogen (secondary N) is 2. The van der Waals surface area contributed by atoms with E-state index in [1.54, 1.807) is 0 Å². The number of piperidine rings is 1. The fourth-order valence-corrected chi connectivity index (χ4v) is 4.21. The maximum atomic E-state index is 4.77. The minimum Gasteiger partial charge on any atom is -0.357 e. The van der Waals surface area contributed by atoms with Crippen molar-refractivity contribution in [3.63, 3.8) is 0 Å². The highest BCUT2D eigenvalue weighted by molar-refractivity contribution is 14.0. The van der Waals surface area contributed by atoms with Crippen molar-refractivity contribution >= 4 is 29.9 Å². The summed E-state index contributed by atoms with van der Waals surface area (Å²) >= 11 is 0. The fourth-order valence-electron chi connectivity index (χ4n) is 4.21. The van der Waals surface area contributed by atoms with Crippen LogP contribution in [0, 0.1) is 6.92 Å². The molecule has 6 heteroatoms. The van der Waals surface area contributed by atoms with Gasteiger partial charge in [0.1, 0.15) is 0 Å². The van der Waals surface area contributed by atoms with Gasteiger partial charge < -0.3 is 15.5 Å². The molecule has 5 nitrogen and oxygen atoms in total. The molecular formula is C21H36IN5. The van der Waals surface area contributed by atoms with E-state index in [-0.39, 0.29) is 24.0 Å². The molecule has 0 radical (unpaired) electrons. The molecule has 1 saturated heterocycles. The minimum atomic E-state index is 0. The van der Waals surface area contributed by atoms with Gasteiger partial charge in [-0.15, -0.1) is 24.0 Å². The van der Waals surface area contributed by atoms with Crippen molar-refractivity contribution in [3.05, 3.63) is 29.6 Å². The van der Waals surface area contributed by atoms with Crippen molar-refractivity contribution in [2.45, 2.75) is 77.4 Å². The van der Waals surface area contributed by atoms with Gasteiger partial charge in [-0.05, 0) is 51.2 Å². The first kappa shape index (κ1) is 22.4. The molecule has 152 valence electrons. The SMILES string of the molecule is CCNC(=NCc1ncccc1C)NC1CCN(C2CCCCC2)CC1.I. The molecule has 0 aromatic carbocycles. The number of aromatic nitrogens is 1. The minimum absolute atomic E-state index is 0. The van der Waals surface area contributed by atoms with Crippen molar-refractivity contribution in [2.75, 3.05) is 19.6 Å². The van der Waals surface area contributed by atoms with Gasteiger partial charge in [-0.3, -0.25) is 4.98 Å². The predicted octanol–water partition coefficient (Wildman–Crippen LogP) is 3.86. The highest BCUT2D eigenvalue weighted by Crippen LogP contribution is 2.25. The van der Waals surface area contributed by atoms with E-state index >= 15 is 0 Å². The zero-order valence-corrected chi connectivity index (χ0v) is 19.2. The molecule has 0 bridgehead atoms. The van der Waals surface area contributed by atoms with Gasteiger partial charge >= 0.3 is 0 Å². The third kappa shape index (κ3) is 6.89. The monoisotopic (exact) mass is 485 g/mol. The van der Waals surface area contributed by atoms with Crippen LogP contribution in [0.15, 0.2) is 23.3 Å². The Kier molecular flexibility index (Phi) is 9.82. The Hall–Kier alpha value is -0.890. The maximum Gasteiger partial charge on any atom is 0.191 e. The third-order valence-corrected chi connectivity index (χ3v) is 5.81. The Bertz CT molecular complexity index is 578. The quantitative estimate of drug-likeness (QED) is 0.378. The van der Waals surface area contributed by atoms with Crippen molar-refractivity contribution < 1.29 is 0 Å². The summed E-state index contributed by atoms with van der Waals surface area (Å²) in [5.74, 6) is 0.925. The van der Waals surface area contributed by atoms with E-state index in [0.29, 0.717) is 12.6 Å². The summed E-state index contributed by atoms with van der Waals surface area (Å²) in [6, 6.07) is 5.45. The smallest absolute Gasteiger partial charge is 0.191 e. The summed E-state index contributed by atoms with van der Waals surface area (Å²) in [6.07, 6.45) is 11.4. The molecule has 1 aliphatic carbocycles. The molecule has 0 amide bonds. The molecule has 0 unspecified atom stereocenters. The average molecular weight is 485 g/mol. The molecule has 2 fully saturated rings. The summed E-state index contributed by atoms with van der Waals surface area (Å²) in [4.78, 5) is 12.0. The number of aliphatic imine (C=N–C) groups is 1. The Morgan fingerprint density at radius 1 is 1.19 bits per heavy atom. The number of hydrogen-bond donors (Lipinski definition) is 2. The lowest BCUT2D eigenvalue weighted by Crippen LogP contribution is -2.51. The second-order valence-corrected chi connectivity index (χ2v) is 7.71. The first-order chi connectivity index (χ1) is 12.8. The number of pyridine rings is 1. The van der Waals surface area contributed by atoms with Crippen LogP contribution in [0.4, 0.5) is 0 Å². The lowest BCUT2D eigenvalue weighted by molar-refractivity contribution is 0.119. The second kappa shape index (κ2) is 11.8. The lowest BCUT2D eigenvalue weighted by atomic mass is 9.92. The van der Waals surface area contributed by atoms with E-state index in [2.05, 4.69) is 40.4 Å². The first-order valence-electron chi connectivity index (χ1n) is 10.5. The Morgan fingerprint density at radius 3 is 2.59 bits per heavy atom. The molecule has 1 aliphatic heterocycles. The van der Waals surface area contributed by atoms with E-state index in [1.807, 2.05) is 12.3 Å². The van der Waals surface area contributed by atoms with Crippen molar-refractivity contribution in [1.82, 2.24) is 20.5 Å². The molecule has 2 N–H and O–H groups in total. The number of halogens is 1. The van der Waals surface area contributed by atoms with Crippen LogP contribution in [0.3, 0.4) is 0 Å². The number of likely N-dealkylation sites (tertiary alicyclic amines) is 1. The van der Waals surface area contributed by atoms with Crippen LogP contribution in [0.2, 0.25) is 0 Å². The van der Waals surface area contributed by atoms with Gasteiger partial charge in [0, 0.05) is 37.9 Å². The highest BCUT2D eigenvalue weighted by Gasteiger charge is 2.26. The summed E-state index contributed by atoms with van der Waals surface area (Å²) in [6.45, 7) is 8.17. The van der Waals surface area contributed by atoms with Crippen molar-refractivity contribution in [1.29, 1.82) is 0 Å². The number of rotatable bonds is 5. The van der Waals surface area contributed by atoms with Gasteiger partial charge in [0.05, 0.1) is 12.2 Å². The summed E-state index contributed by atoms with van der Waals surface area (Å²) in [5, 5.41) is 7.05. The van der Waals surface area contributed by atoms with Crippen molar-refractivity contribution in [3.8, 4) is 0 Å². The Morgan fingerprint density at radius 2 is 1.93 bits per heavy atom. The standard InChI is InChI=1S/C21H35N5.HI/c1-3-22-21(24-16-20-17(2)8-7-13-23-20)25-18-11-14-26(15-12-18)19-9-5-4-6-10-19;/h7-8,13,18-19H,3-6,9-12,14-16H2,1-2H3,(H2,22,24,25);1H. The molecule has 1 aromatic heterocycles. The van der Waals surface area contributed by atoms with Crippen LogP contribution < -0.4 is 10.6 Å². The van der Waals surface area contributed by atoms with Gasteiger partial charge in [-0.2, -0.15) is 0 Å². The second-order valence-electron chi connectivity index (χ2n) is 7.71. The van der Waals surface area contributed by atoms with Gasteiger partial charge in [0.15, 0.2) is 5.96 Å². The lowest BCUT2D eigenvalue weighted by Gasteiger charge is -2.39. The van der Waals surface area contributed by atoms with Crippen LogP contribution in [0.25, 0.3) is 0 Å². The molecule has 2 heterocycles. The Labute approximate surface area is 181 Å². The van der Waals surface area contributed by atoms with Gasteiger partial charge in [-0.1, -0.05) is 25.3 Å². The first-order valence-corrected chi connectivity index (χ1v) is 10.5. The summed E-state index contributed by atoms with van der Waals surface area (Å²) in [7, 11) is 0. The number of aryl methyl sites for hydroxylation is 1. The van der Waals surface area contributed by atoms with Crippen LogP contribution in [-0.2, 0) is 6.54 Å². The fraction of sp³-hybridized carbons (Fsp3) is 0.714. The van der Waals surface area contributed by atoms with E-state index in [1.165, 1.54) is 63.6 Å². The molecule has 0 spiro atoms. The summed E-state index contributed by atoms with van der Waals surface area (Å²) in [5.41, 5.74) is 2.25. The number of guanidine groups is 1. The molecule has 1 saturated carbocycles. The topological polar surface area (TPSA) is 52.6 Å². The molecular weight excluding hydrogens is 449 g/mol. The number of hydrogen-bond acceptors (Lipinski definition) is 3. The van der Waals surface area contributed by atoms with Crippen LogP contribution >= 0.6 is 24.0 Å². The third-order valence-electron chi connectivity index (χ3n) is 5.81. The van der Waals surface area contributed by atoms with Gasteiger partial charge in [0.2, 0.25) is 0 Å². The van der Waals surface area contributed by atoms with E-state index < -0.39 is 0 Å². The zero-order chi connectivity index (χ0) is 18.2. The van der Waals surface area contributed by atoms with Crippen LogP contribution in [0.1, 0.15) is 63.1 Å². The Balaban J connectivity index is 0.00000261. The van der Waals surface area contributed by atoms with E-state index in [9.17, 15) is 0 Å². The van der Waals surface area contributed by atoms with E-state index in [4.69, 9.17) is 4.99 Å². The molecule has 3 rings (SSSR count). The number of nitrogens with zero attached hydrogens (tertiary/aromatic N) is 3. The van der Waals surface area contributed by atoms with Gasteiger partial charge in [-0.25, -0.2) is 4.99 Å². The zero-order valence-electron chi connectivity index (χ0n) is 16.9. The molecule has 2 aliphatic rings. The van der Waals surface area contributed by atoms with E-state index in [0.717, 1.165) is 24.2 Å². The normalized spacial score (nSPS) is 20.1. The summed E-state index contributed by atoms with van der Waals surface area (Å²) < 4.78 is 0. The van der Waals surface area contributed by atoms with Gasteiger partial charge in [0.25, 0.3) is 0 Å².